The van der Waals surface area contributed by atoms with Gasteiger partial charge in [0.15, 0.2) is 10.3 Å². The third-order valence-corrected chi connectivity index (χ3v) is 13.7. The Kier molecular flexibility index (Phi) is 11.9. The lowest BCUT2D eigenvalue weighted by Gasteiger charge is -2.25. The van der Waals surface area contributed by atoms with E-state index < -0.39 is 0 Å². The fourth-order valence-corrected chi connectivity index (χ4v) is 10.6. The molecule has 64 heavy (non-hydrogen) atoms. The number of hydrogen-bond donors (Lipinski definition) is 2. The Hall–Kier alpha value is -6.90. The molecule has 2 saturated heterocycles. The lowest BCUT2D eigenvalue weighted by atomic mass is 10.0. The Balaban J connectivity index is 0.848. The van der Waals surface area contributed by atoms with Crippen molar-refractivity contribution >= 4 is 56.1 Å². The molecule has 0 aliphatic carbocycles. The summed E-state index contributed by atoms with van der Waals surface area (Å²) in [5, 5.41) is 11.5. The van der Waals surface area contributed by atoms with Gasteiger partial charge in [0, 0.05) is 91.4 Å². The molecule has 2 fully saturated rings. The van der Waals surface area contributed by atoms with Crippen LogP contribution < -0.4 is 20.4 Å². The van der Waals surface area contributed by atoms with E-state index in [-0.39, 0.29) is 23.9 Å². The van der Waals surface area contributed by atoms with E-state index in [1.54, 1.807) is 12.4 Å². The summed E-state index contributed by atoms with van der Waals surface area (Å²) in [5.41, 5.74) is 10.4. The van der Waals surface area contributed by atoms with Crippen molar-refractivity contribution < 1.29 is 9.59 Å². The molecule has 8 aromatic rings. The minimum absolute atomic E-state index is 0.167. The van der Waals surface area contributed by atoms with Crippen LogP contribution in [0.4, 0.5) is 21.6 Å². The highest BCUT2D eigenvalue weighted by molar-refractivity contribution is 7.14. The predicted octanol–water partition coefficient (Wildman–Crippen LogP) is 10.2. The zero-order chi connectivity index (χ0) is 43.4. The van der Waals surface area contributed by atoms with E-state index in [2.05, 4.69) is 89.7 Å². The summed E-state index contributed by atoms with van der Waals surface area (Å²) in [6, 6.07) is 33.0. The van der Waals surface area contributed by atoms with Crippen molar-refractivity contribution in [2.24, 2.45) is 0 Å². The van der Waals surface area contributed by atoms with Crippen molar-refractivity contribution in [3.05, 3.63) is 190 Å². The van der Waals surface area contributed by atoms with Gasteiger partial charge in [0.1, 0.15) is 11.4 Å². The first-order valence-corrected chi connectivity index (χ1v) is 23.5. The first kappa shape index (κ1) is 41.1. The van der Waals surface area contributed by atoms with Crippen molar-refractivity contribution in [3.63, 3.8) is 0 Å². The molecular weight excluding hydrogens is 837 g/mol. The summed E-state index contributed by atoms with van der Waals surface area (Å²) in [6.45, 7) is 4.89. The average molecular weight is 885 g/mol. The van der Waals surface area contributed by atoms with E-state index in [0.717, 1.165) is 78.1 Å². The smallest absolute Gasteiger partial charge is 0.274 e. The maximum atomic E-state index is 14.2. The quantitative estimate of drug-likeness (QED) is 0.111. The van der Waals surface area contributed by atoms with Crippen LogP contribution in [0.1, 0.15) is 98.1 Å². The number of amides is 2. The minimum Gasteiger partial charge on any atom is -0.363 e. The largest absolute Gasteiger partial charge is 0.363 e. The number of anilines is 4. The first-order chi connectivity index (χ1) is 31.4. The fraction of sp³-hybridized carbons (Fsp3) is 0.240. The van der Waals surface area contributed by atoms with Gasteiger partial charge in [0.2, 0.25) is 0 Å². The van der Waals surface area contributed by atoms with Gasteiger partial charge < -0.3 is 18.9 Å². The SMILES string of the molecule is Cc1cc(Cn2cc(Cc3cnccc3Cn3cccc3C(=O)Nc3nc([C@H]4CCCN4c4ccccc4)cs3)cc2C(=O)Nc2nc([C@H]3CCCN3c3ccccc3)cs2)ccn1. The third kappa shape index (κ3) is 8.97. The number of nitrogens with zero attached hydrogens (tertiary/aromatic N) is 8. The number of para-hydroxylation sites is 2. The molecule has 6 aromatic heterocycles. The van der Waals surface area contributed by atoms with Crippen LogP contribution in [0.25, 0.3) is 0 Å². The normalized spacial score (nSPS) is 16.1. The van der Waals surface area contributed by atoms with Crippen molar-refractivity contribution in [1.82, 2.24) is 29.1 Å². The molecule has 2 atom stereocenters. The van der Waals surface area contributed by atoms with Gasteiger partial charge in [-0.2, -0.15) is 0 Å². The number of thiazole rings is 2. The van der Waals surface area contributed by atoms with Crippen molar-refractivity contribution in [2.45, 2.75) is 64.2 Å². The molecule has 2 aliphatic rings. The number of carbonyl (C=O) groups excluding carboxylic acids is 2. The summed E-state index contributed by atoms with van der Waals surface area (Å²) < 4.78 is 3.96. The lowest BCUT2D eigenvalue weighted by Crippen LogP contribution is -2.22. The number of benzene rings is 2. The van der Waals surface area contributed by atoms with Gasteiger partial charge in [-0.15, -0.1) is 22.7 Å². The number of rotatable bonds is 14. The zero-order valence-electron chi connectivity index (χ0n) is 35.5. The standard InChI is InChI=1S/C50H48N10O2S2/c1-34-25-35(18-21-52-34)29-58-30-36(27-46(58)48(62)56-50-54-42(33-64-50)44-16-10-24-60(44)40-13-6-3-7-14-40)26-38-28-51-20-19-37(38)31-57-22-8-17-45(57)47(61)55-49-53-41(32-63-49)43-15-9-23-59(43)39-11-4-2-5-12-39/h2-8,11-14,17-22,25,27-28,30,32-33,43-44H,9-10,15-16,23-24,26,29,31H2,1H3,(H,53,55,61)(H,54,56,62)/t43-,44-/m1/s1. The van der Waals surface area contributed by atoms with Crippen molar-refractivity contribution in [2.75, 3.05) is 33.5 Å². The number of aryl methyl sites for hydroxylation is 1. The second kappa shape index (κ2) is 18.4. The summed E-state index contributed by atoms with van der Waals surface area (Å²) in [7, 11) is 0. The summed E-state index contributed by atoms with van der Waals surface area (Å²) in [6.07, 6.45) is 14.2. The van der Waals surface area contributed by atoms with Crippen molar-refractivity contribution in [1.29, 1.82) is 0 Å². The molecule has 10 rings (SSSR count). The van der Waals surface area contributed by atoms with Crippen LogP contribution in [0, 0.1) is 6.92 Å². The Bertz CT molecular complexity index is 2890. The molecule has 2 N–H and O–H groups in total. The van der Waals surface area contributed by atoms with Gasteiger partial charge in [-0.25, -0.2) is 9.97 Å². The Labute approximate surface area is 380 Å². The average Bonchev–Trinajstić information content (AvgIpc) is 4.18. The Morgan fingerprint density at radius 3 is 1.95 bits per heavy atom. The van der Waals surface area contributed by atoms with Crippen LogP contribution >= 0.6 is 22.7 Å². The Morgan fingerprint density at radius 1 is 0.672 bits per heavy atom. The molecule has 322 valence electrons. The summed E-state index contributed by atoms with van der Waals surface area (Å²) in [5.74, 6) is -0.432. The van der Waals surface area contributed by atoms with Crippen LogP contribution in [0.5, 0.6) is 0 Å². The fourth-order valence-electron chi connectivity index (χ4n) is 9.14. The number of carbonyl (C=O) groups is 2. The number of pyridine rings is 2. The third-order valence-electron chi connectivity index (χ3n) is 12.2. The van der Waals surface area contributed by atoms with E-state index in [1.807, 2.05) is 83.2 Å². The summed E-state index contributed by atoms with van der Waals surface area (Å²) >= 11 is 2.92. The molecule has 2 amide bonds. The van der Waals surface area contributed by atoms with Gasteiger partial charge in [-0.3, -0.25) is 30.2 Å². The molecule has 0 saturated carbocycles. The molecule has 8 heterocycles. The molecule has 12 nitrogen and oxygen atoms in total. The van der Waals surface area contributed by atoms with Crippen molar-refractivity contribution in [3.8, 4) is 0 Å². The van der Waals surface area contributed by atoms with E-state index in [1.165, 1.54) is 34.0 Å². The summed E-state index contributed by atoms with van der Waals surface area (Å²) in [4.78, 5) is 51.5. The highest BCUT2D eigenvalue weighted by atomic mass is 32.1. The highest BCUT2D eigenvalue weighted by Crippen LogP contribution is 2.38. The van der Waals surface area contributed by atoms with Gasteiger partial charge in [0.05, 0.1) is 23.5 Å². The Morgan fingerprint density at radius 2 is 1.31 bits per heavy atom. The second-order valence-corrected chi connectivity index (χ2v) is 18.2. The molecule has 14 heteroatoms. The molecule has 2 aromatic carbocycles. The van der Waals surface area contributed by atoms with Crippen LogP contribution in [0.2, 0.25) is 0 Å². The lowest BCUT2D eigenvalue weighted by molar-refractivity contribution is 0.101. The minimum atomic E-state index is -0.220. The number of hydrogen-bond acceptors (Lipinski definition) is 10. The maximum absolute atomic E-state index is 14.2. The van der Waals surface area contributed by atoms with E-state index in [4.69, 9.17) is 9.97 Å². The van der Waals surface area contributed by atoms with E-state index in [0.29, 0.717) is 41.2 Å². The first-order valence-electron chi connectivity index (χ1n) is 21.8. The van der Waals surface area contributed by atoms with Crippen LogP contribution in [0.15, 0.2) is 139 Å². The molecule has 0 unspecified atom stereocenters. The van der Waals surface area contributed by atoms with E-state index >= 15 is 0 Å². The molecule has 2 aliphatic heterocycles. The topological polar surface area (TPSA) is 126 Å². The monoisotopic (exact) mass is 884 g/mol. The highest BCUT2D eigenvalue weighted by Gasteiger charge is 2.30. The molecule has 0 spiro atoms. The van der Waals surface area contributed by atoms with Crippen LogP contribution in [0.3, 0.4) is 0 Å². The van der Waals surface area contributed by atoms with Gasteiger partial charge in [-0.1, -0.05) is 36.4 Å². The van der Waals surface area contributed by atoms with Gasteiger partial charge in [0.25, 0.3) is 11.8 Å². The molecule has 0 radical (unpaired) electrons. The predicted molar refractivity (Wildman–Crippen MR) is 255 cm³/mol. The zero-order valence-corrected chi connectivity index (χ0v) is 37.1. The van der Waals surface area contributed by atoms with Crippen LogP contribution in [-0.4, -0.2) is 54.0 Å². The van der Waals surface area contributed by atoms with Gasteiger partial charge in [-0.05, 0) is 116 Å². The number of nitrogens with one attached hydrogen (secondary N) is 2. The second-order valence-electron chi connectivity index (χ2n) is 16.4. The van der Waals surface area contributed by atoms with Crippen LogP contribution in [-0.2, 0) is 19.5 Å². The molecule has 0 bridgehead atoms. The van der Waals surface area contributed by atoms with Gasteiger partial charge >= 0.3 is 0 Å². The number of aromatic nitrogens is 6. The maximum Gasteiger partial charge on any atom is 0.274 e. The molecular formula is C50H48N10O2S2. The van der Waals surface area contributed by atoms with E-state index in [9.17, 15) is 9.59 Å².